The van der Waals surface area contributed by atoms with Crippen LogP contribution in [0.5, 0.6) is 0 Å². The molecule has 0 heterocycles. The Morgan fingerprint density at radius 1 is 0.706 bits per heavy atom. The minimum atomic E-state index is -0.686. The van der Waals surface area contributed by atoms with Crippen molar-refractivity contribution in [2.24, 2.45) is 0 Å². The van der Waals surface area contributed by atoms with Crippen molar-refractivity contribution in [3.8, 4) is 0 Å². The van der Waals surface area contributed by atoms with Gasteiger partial charge in [-0.15, -0.1) is 0 Å². The van der Waals surface area contributed by atoms with Gasteiger partial charge in [-0.3, -0.25) is 4.79 Å². The number of likely N-dealkylation sites (N-methyl/N-ethyl adjacent to an activating group) is 1. The van der Waals surface area contributed by atoms with Gasteiger partial charge in [0.05, 0.1) is 12.7 Å². The lowest BCUT2D eigenvalue weighted by Crippen LogP contribution is -2.33. The number of nitrogens with one attached hydrogen (secondary N) is 1. The highest BCUT2D eigenvalue weighted by molar-refractivity contribution is 5.75. The number of hydrogen-bond donors (Lipinski definition) is 3. The van der Waals surface area contributed by atoms with Crippen LogP contribution >= 0.6 is 0 Å². The molecule has 0 rings (SSSR count). The largest absolute Gasteiger partial charge is 0.394 e. The first-order chi connectivity index (χ1) is 16.6. The van der Waals surface area contributed by atoms with Gasteiger partial charge < -0.3 is 20.4 Å². The molecule has 0 spiro atoms. The van der Waals surface area contributed by atoms with E-state index < -0.39 is 6.10 Å². The number of amides is 1. The van der Waals surface area contributed by atoms with Gasteiger partial charge in [0.1, 0.15) is 0 Å². The molecule has 0 saturated carbocycles. The predicted molar refractivity (Wildman–Crippen MR) is 146 cm³/mol. The van der Waals surface area contributed by atoms with Gasteiger partial charge >= 0.3 is 0 Å². The van der Waals surface area contributed by atoms with Crippen molar-refractivity contribution in [1.82, 2.24) is 10.2 Å². The number of carbonyl (C=O) groups excluding carboxylic acids is 1. The maximum Gasteiger partial charge on any atom is 0.219 e. The Hall–Kier alpha value is -0.650. The van der Waals surface area contributed by atoms with Crippen LogP contribution in [0, 0.1) is 0 Å². The monoisotopic (exact) mass is 484 g/mol. The molecule has 1 atom stereocenters. The summed E-state index contributed by atoms with van der Waals surface area (Å²) < 4.78 is 0. The molecule has 0 aromatic rings. The highest BCUT2D eigenvalue weighted by Crippen LogP contribution is 2.14. The molecule has 0 fully saturated rings. The molecule has 1 unspecified atom stereocenters. The average molecular weight is 485 g/mol. The predicted octanol–water partition coefficient (Wildman–Crippen LogP) is 6.60. The summed E-state index contributed by atoms with van der Waals surface area (Å²) in [5.41, 5.74) is 0. The first-order valence-electron chi connectivity index (χ1n) is 14.8. The number of rotatable bonds is 27. The lowest BCUT2D eigenvalue weighted by Gasteiger charge is -2.19. The smallest absolute Gasteiger partial charge is 0.219 e. The van der Waals surface area contributed by atoms with Gasteiger partial charge in [-0.25, -0.2) is 0 Å². The standard InChI is InChI=1S/C29H60N2O3/c1-3-4-5-6-7-8-9-10-11-12-13-14-15-16-17-18-19-20-21-23-29(34)30-24-22-25-31(2)26-28(33)27-32/h28,32-33H,3-27H2,1-2H3,(H,30,34). The average Bonchev–Trinajstić information content (AvgIpc) is 2.83. The Morgan fingerprint density at radius 3 is 1.53 bits per heavy atom. The molecule has 3 N–H and O–H groups in total. The van der Waals surface area contributed by atoms with E-state index >= 15 is 0 Å². The van der Waals surface area contributed by atoms with Gasteiger partial charge in [0.25, 0.3) is 0 Å². The summed E-state index contributed by atoms with van der Waals surface area (Å²) >= 11 is 0. The third kappa shape index (κ3) is 26.0. The van der Waals surface area contributed by atoms with E-state index in [-0.39, 0.29) is 12.5 Å². The van der Waals surface area contributed by atoms with Crippen molar-refractivity contribution in [2.75, 3.05) is 33.3 Å². The summed E-state index contributed by atoms with van der Waals surface area (Å²) in [4.78, 5) is 13.9. The second-order valence-electron chi connectivity index (χ2n) is 10.4. The molecule has 0 aliphatic heterocycles. The van der Waals surface area contributed by atoms with Crippen molar-refractivity contribution in [2.45, 2.75) is 148 Å². The number of unbranched alkanes of at least 4 members (excludes halogenated alkanes) is 18. The van der Waals surface area contributed by atoms with Gasteiger partial charge in [-0.2, -0.15) is 0 Å². The number of hydrogen-bond acceptors (Lipinski definition) is 4. The molecule has 5 heteroatoms. The fraction of sp³-hybridized carbons (Fsp3) is 0.966. The highest BCUT2D eigenvalue weighted by Gasteiger charge is 2.06. The van der Waals surface area contributed by atoms with Gasteiger partial charge in [-0.05, 0) is 26.4 Å². The van der Waals surface area contributed by atoms with Gasteiger partial charge in [0, 0.05) is 19.5 Å². The normalized spacial score (nSPS) is 12.4. The lowest BCUT2D eigenvalue weighted by atomic mass is 10.0. The molecular weight excluding hydrogens is 424 g/mol. The van der Waals surface area contributed by atoms with Crippen molar-refractivity contribution < 1.29 is 15.0 Å². The molecule has 0 saturated heterocycles. The van der Waals surface area contributed by atoms with Crippen molar-refractivity contribution in [1.29, 1.82) is 0 Å². The molecule has 0 aromatic heterocycles. The van der Waals surface area contributed by atoms with Crippen LogP contribution in [0.1, 0.15) is 142 Å². The zero-order valence-corrected chi connectivity index (χ0v) is 23.0. The molecule has 0 aliphatic carbocycles. The Morgan fingerprint density at radius 2 is 1.12 bits per heavy atom. The maximum atomic E-state index is 11.9. The van der Waals surface area contributed by atoms with Crippen LogP contribution in [0.3, 0.4) is 0 Å². The second-order valence-corrected chi connectivity index (χ2v) is 10.4. The quantitative estimate of drug-likeness (QED) is 0.115. The summed E-state index contributed by atoms with van der Waals surface area (Å²) in [6.45, 7) is 4.02. The molecule has 5 nitrogen and oxygen atoms in total. The van der Waals surface area contributed by atoms with E-state index in [2.05, 4.69) is 12.2 Å². The van der Waals surface area contributed by atoms with E-state index in [4.69, 9.17) is 5.11 Å². The summed E-state index contributed by atoms with van der Waals surface area (Å²) in [6.07, 6.45) is 26.8. The van der Waals surface area contributed by atoms with E-state index in [1.165, 1.54) is 109 Å². The van der Waals surface area contributed by atoms with Gasteiger partial charge in [-0.1, -0.05) is 122 Å². The Labute approximate surface area is 212 Å². The van der Waals surface area contributed by atoms with E-state index in [1.807, 2.05) is 11.9 Å². The van der Waals surface area contributed by atoms with Crippen molar-refractivity contribution in [3.63, 3.8) is 0 Å². The zero-order valence-electron chi connectivity index (χ0n) is 23.0. The van der Waals surface area contributed by atoms with Crippen LogP contribution in [-0.2, 0) is 4.79 Å². The summed E-state index contributed by atoms with van der Waals surface area (Å²) in [5.74, 6) is 0.157. The van der Waals surface area contributed by atoms with Crippen molar-refractivity contribution >= 4 is 5.91 Å². The molecule has 0 radical (unpaired) electrons. The molecule has 1 amide bonds. The molecule has 0 aliphatic rings. The Kier molecular flexibility index (Phi) is 26.4. The fourth-order valence-corrected chi connectivity index (χ4v) is 4.54. The van der Waals surface area contributed by atoms with E-state index in [0.29, 0.717) is 19.5 Å². The maximum absolute atomic E-state index is 11.9. The molecule has 34 heavy (non-hydrogen) atoms. The van der Waals surface area contributed by atoms with Crippen LogP contribution in [-0.4, -0.2) is 60.4 Å². The van der Waals surface area contributed by atoms with Crippen LogP contribution in [0.4, 0.5) is 0 Å². The topological polar surface area (TPSA) is 72.8 Å². The zero-order chi connectivity index (χ0) is 25.1. The number of carbonyl (C=O) groups is 1. The van der Waals surface area contributed by atoms with Gasteiger partial charge in [0.15, 0.2) is 0 Å². The second kappa shape index (κ2) is 26.9. The lowest BCUT2D eigenvalue weighted by molar-refractivity contribution is -0.121. The highest BCUT2D eigenvalue weighted by atomic mass is 16.3. The summed E-state index contributed by atoms with van der Waals surface area (Å²) in [7, 11) is 1.92. The van der Waals surface area contributed by atoms with Crippen LogP contribution in [0.25, 0.3) is 0 Å². The SMILES string of the molecule is CCCCCCCCCCCCCCCCCCCCCC(=O)NCCCN(C)CC(O)CO. The molecule has 0 bridgehead atoms. The van der Waals surface area contributed by atoms with Crippen LogP contribution < -0.4 is 5.32 Å². The van der Waals surface area contributed by atoms with E-state index in [0.717, 1.165) is 25.8 Å². The summed E-state index contributed by atoms with van der Waals surface area (Å²) in [6, 6.07) is 0. The Bertz CT molecular complexity index is 420. The third-order valence-electron chi connectivity index (χ3n) is 6.78. The van der Waals surface area contributed by atoms with E-state index in [9.17, 15) is 9.90 Å². The molecule has 204 valence electrons. The van der Waals surface area contributed by atoms with Crippen LogP contribution in [0.15, 0.2) is 0 Å². The summed E-state index contributed by atoms with van der Waals surface area (Å²) in [5, 5.41) is 21.2. The number of nitrogens with zero attached hydrogens (tertiary/aromatic N) is 1. The molecule has 0 aromatic carbocycles. The van der Waals surface area contributed by atoms with E-state index in [1.54, 1.807) is 0 Å². The molecular formula is C29H60N2O3. The van der Waals surface area contributed by atoms with Crippen molar-refractivity contribution in [3.05, 3.63) is 0 Å². The third-order valence-corrected chi connectivity index (χ3v) is 6.78. The first kappa shape index (κ1) is 33.4. The number of aliphatic hydroxyl groups is 2. The minimum absolute atomic E-state index is 0.157. The first-order valence-corrected chi connectivity index (χ1v) is 14.8. The fourth-order valence-electron chi connectivity index (χ4n) is 4.54. The Balaban J connectivity index is 3.21. The van der Waals surface area contributed by atoms with Gasteiger partial charge in [0.2, 0.25) is 5.91 Å². The number of aliphatic hydroxyl groups excluding tert-OH is 2. The minimum Gasteiger partial charge on any atom is -0.394 e. The van der Waals surface area contributed by atoms with Crippen LogP contribution in [0.2, 0.25) is 0 Å².